The molecule has 1 rings (SSSR count). The molecular weight excluding hydrogens is 308 g/mol. The summed E-state index contributed by atoms with van der Waals surface area (Å²) in [7, 11) is 3.10. The van der Waals surface area contributed by atoms with E-state index in [1.54, 1.807) is 37.3 Å². The first-order chi connectivity index (χ1) is 11.4. The summed E-state index contributed by atoms with van der Waals surface area (Å²) in [5.41, 5.74) is 0.554. The molecule has 0 aliphatic rings. The van der Waals surface area contributed by atoms with E-state index in [4.69, 9.17) is 9.47 Å². The zero-order chi connectivity index (χ0) is 18.1. The number of hydrogen-bond acceptors (Lipinski definition) is 4. The average Bonchev–Trinajstić information content (AvgIpc) is 2.54. The number of rotatable bonds is 9. The number of nitrogens with zero attached hydrogens (tertiary/aromatic N) is 1. The molecule has 0 saturated heterocycles. The molecule has 24 heavy (non-hydrogen) atoms. The topological polar surface area (TPSA) is 67.9 Å². The van der Waals surface area contributed by atoms with Crippen molar-refractivity contribution < 1.29 is 19.1 Å². The van der Waals surface area contributed by atoms with E-state index in [2.05, 4.69) is 19.2 Å². The van der Waals surface area contributed by atoms with Gasteiger partial charge in [0.1, 0.15) is 11.5 Å². The quantitative estimate of drug-likeness (QED) is 0.753. The van der Waals surface area contributed by atoms with Crippen LogP contribution in [-0.4, -0.2) is 44.0 Å². The van der Waals surface area contributed by atoms with Gasteiger partial charge in [0.25, 0.3) is 0 Å². The summed E-state index contributed by atoms with van der Waals surface area (Å²) in [6.07, 6.45) is 1.16. The molecule has 2 amide bonds. The highest BCUT2D eigenvalue weighted by Crippen LogP contribution is 2.28. The van der Waals surface area contributed by atoms with Gasteiger partial charge in [-0.15, -0.1) is 0 Å². The third kappa shape index (κ3) is 6.48. The Morgan fingerprint density at radius 1 is 1.17 bits per heavy atom. The molecule has 0 aliphatic heterocycles. The van der Waals surface area contributed by atoms with E-state index in [-0.39, 0.29) is 18.2 Å². The lowest BCUT2D eigenvalue weighted by atomic mass is 10.1. The van der Waals surface area contributed by atoms with E-state index in [1.807, 2.05) is 0 Å². The first kappa shape index (κ1) is 19.8. The Kier molecular flexibility index (Phi) is 8.09. The van der Waals surface area contributed by atoms with E-state index in [0.29, 0.717) is 36.2 Å². The highest BCUT2D eigenvalue weighted by atomic mass is 16.5. The van der Waals surface area contributed by atoms with Crippen molar-refractivity contribution in [2.45, 2.75) is 33.6 Å². The monoisotopic (exact) mass is 336 g/mol. The molecule has 0 bridgehead atoms. The zero-order valence-electron chi connectivity index (χ0n) is 15.2. The maximum atomic E-state index is 12.2. The lowest BCUT2D eigenvalue weighted by molar-refractivity contribution is -0.129. The van der Waals surface area contributed by atoms with Crippen LogP contribution in [0.1, 0.15) is 33.6 Å². The Bertz CT molecular complexity index is 558. The molecule has 6 nitrogen and oxygen atoms in total. The number of carbonyl (C=O) groups is 2. The van der Waals surface area contributed by atoms with Crippen LogP contribution >= 0.6 is 0 Å². The lowest BCUT2D eigenvalue weighted by Gasteiger charge is -2.22. The summed E-state index contributed by atoms with van der Waals surface area (Å²) in [6, 6.07) is 5.20. The normalized spacial score (nSPS) is 10.4. The van der Waals surface area contributed by atoms with E-state index in [1.165, 1.54) is 6.92 Å². The number of benzene rings is 1. The van der Waals surface area contributed by atoms with Gasteiger partial charge < -0.3 is 19.7 Å². The second-order valence-corrected chi connectivity index (χ2v) is 6.05. The average molecular weight is 336 g/mol. The third-order valence-electron chi connectivity index (χ3n) is 3.71. The van der Waals surface area contributed by atoms with Gasteiger partial charge >= 0.3 is 0 Å². The summed E-state index contributed by atoms with van der Waals surface area (Å²) >= 11 is 0. The largest absolute Gasteiger partial charge is 0.497 e. The van der Waals surface area contributed by atoms with Gasteiger partial charge in [-0.05, 0) is 24.5 Å². The predicted molar refractivity (Wildman–Crippen MR) is 94.5 cm³/mol. The first-order valence-electron chi connectivity index (χ1n) is 8.14. The van der Waals surface area contributed by atoms with Crippen molar-refractivity contribution in [1.82, 2.24) is 4.90 Å². The van der Waals surface area contributed by atoms with Crippen LogP contribution in [0.4, 0.5) is 5.69 Å². The SMILES string of the molecule is COc1ccc(OC)c(NC(=O)CCN(CCC(C)C)C(C)=O)c1. The fourth-order valence-corrected chi connectivity index (χ4v) is 2.20. The van der Waals surface area contributed by atoms with Crippen LogP contribution in [0, 0.1) is 5.92 Å². The first-order valence-corrected chi connectivity index (χ1v) is 8.14. The van der Waals surface area contributed by atoms with Crippen LogP contribution in [0.2, 0.25) is 0 Å². The molecular formula is C18H28N2O4. The van der Waals surface area contributed by atoms with Crippen molar-refractivity contribution in [3.8, 4) is 11.5 Å². The summed E-state index contributed by atoms with van der Waals surface area (Å²) in [5.74, 6) is 1.53. The number of hydrogen-bond donors (Lipinski definition) is 1. The van der Waals surface area contributed by atoms with E-state index >= 15 is 0 Å². The molecule has 0 radical (unpaired) electrons. The fraction of sp³-hybridized carbons (Fsp3) is 0.556. The van der Waals surface area contributed by atoms with Gasteiger partial charge in [-0.2, -0.15) is 0 Å². The van der Waals surface area contributed by atoms with Crippen LogP contribution in [0.3, 0.4) is 0 Å². The van der Waals surface area contributed by atoms with E-state index < -0.39 is 0 Å². The highest BCUT2D eigenvalue weighted by molar-refractivity contribution is 5.92. The molecule has 0 aliphatic carbocycles. The Hall–Kier alpha value is -2.24. The molecule has 134 valence electrons. The van der Waals surface area contributed by atoms with Crippen molar-refractivity contribution in [2.75, 3.05) is 32.6 Å². The van der Waals surface area contributed by atoms with Gasteiger partial charge in [-0.25, -0.2) is 0 Å². The van der Waals surface area contributed by atoms with Crippen molar-refractivity contribution in [3.05, 3.63) is 18.2 Å². The summed E-state index contributed by atoms with van der Waals surface area (Å²) in [6.45, 7) is 6.83. The van der Waals surface area contributed by atoms with Crippen LogP contribution in [0.5, 0.6) is 11.5 Å². The molecule has 0 saturated carbocycles. The maximum absolute atomic E-state index is 12.2. The molecule has 6 heteroatoms. The van der Waals surface area contributed by atoms with Crippen LogP contribution < -0.4 is 14.8 Å². The van der Waals surface area contributed by atoms with Crippen LogP contribution in [-0.2, 0) is 9.59 Å². The van der Waals surface area contributed by atoms with Crippen LogP contribution in [0.15, 0.2) is 18.2 Å². The summed E-state index contributed by atoms with van der Waals surface area (Å²) in [5, 5.41) is 2.81. The fourth-order valence-electron chi connectivity index (χ4n) is 2.20. The van der Waals surface area contributed by atoms with Crippen molar-refractivity contribution in [3.63, 3.8) is 0 Å². The molecule has 0 aromatic heterocycles. The van der Waals surface area contributed by atoms with Crippen molar-refractivity contribution in [1.29, 1.82) is 0 Å². The zero-order valence-corrected chi connectivity index (χ0v) is 15.2. The van der Waals surface area contributed by atoms with Crippen molar-refractivity contribution in [2.24, 2.45) is 5.92 Å². The summed E-state index contributed by atoms with van der Waals surface area (Å²) in [4.78, 5) is 25.6. The molecule has 0 fully saturated rings. The smallest absolute Gasteiger partial charge is 0.226 e. The van der Waals surface area contributed by atoms with Gasteiger partial charge in [0.2, 0.25) is 11.8 Å². The minimum Gasteiger partial charge on any atom is -0.497 e. The number of ether oxygens (including phenoxy) is 2. The second kappa shape index (κ2) is 9.80. The summed E-state index contributed by atoms with van der Waals surface area (Å²) < 4.78 is 10.4. The molecule has 1 N–H and O–H groups in total. The minimum absolute atomic E-state index is 0.0117. The standard InChI is InChI=1S/C18H28N2O4/c1-13(2)8-10-20(14(3)21)11-9-18(22)19-16-12-15(23-4)6-7-17(16)24-5/h6-7,12-13H,8-11H2,1-5H3,(H,19,22). The molecule has 0 heterocycles. The number of methoxy groups -OCH3 is 2. The Morgan fingerprint density at radius 3 is 2.42 bits per heavy atom. The Labute approximate surface area is 144 Å². The van der Waals surface area contributed by atoms with Crippen LogP contribution in [0.25, 0.3) is 0 Å². The molecule has 0 unspecified atom stereocenters. The van der Waals surface area contributed by atoms with E-state index in [0.717, 1.165) is 6.42 Å². The number of nitrogens with one attached hydrogen (secondary N) is 1. The molecule has 0 atom stereocenters. The van der Waals surface area contributed by atoms with Gasteiger partial charge in [0, 0.05) is 32.5 Å². The molecule has 0 spiro atoms. The minimum atomic E-state index is -0.169. The highest BCUT2D eigenvalue weighted by Gasteiger charge is 2.13. The van der Waals surface area contributed by atoms with Gasteiger partial charge in [0.05, 0.1) is 19.9 Å². The third-order valence-corrected chi connectivity index (χ3v) is 3.71. The number of carbonyl (C=O) groups excluding carboxylic acids is 2. The number of anilines is 1. The predicted octanol–water partition coefficient (Wildman–Crippen LogP) is 2.93. The Morgan fingerprint density at radius 2 is 1.88 bits per heavy atom. The van der Waals surface area contributed by atoms with Gasteiger partial charge in [0.15, 0.2) is 0 Å². The van der Waals surface area contributed by atoms with E-state index in [9.17, 15) is 9.59 Å². The number of amides is 2. The molecule has 1 aromatic carbocycles. The lowest BCUT2D eigenvalue weighted by Crippen LogP contribution is -2.33. The maximum Gasteiger partial charge on any atom is 0.226 e. The Balaban J connectivity index is 2.63. The van der Waals surface area contributed by atoms with Gasteiger partial charge in [-0.3, -0.25) is 9.59 Å². The molecule has 1 aromatic rings. The second-order valence-electron chi connectivity index (χ2n) is 6.05. The van der Waals surface area contributed by atoms with Crippen molar-refractivity contribution >= 4 is 17.5 Å². The van der Waals surface area contributed by atoms with Gasteiger partial charge in [-0.1, -0.05) is 13.8 Å².